The van der Waals surface area contributed by atoms with Crippen LogP contribution in [0.4, 0.5) is 0 Å². The zero-order valence-corrected chi connectivity index (χ0v) is 12.6. The van der Waals surface area contributed by atoms with Gasteiger partial charge >= 0.3 is 0 Å². The molecule has 2 aliphatic rings. The fourth-order valence-corrected chi connectivity index (χ4v) is 4.83. The summed E-state index contributed by atoms with van der Waals surface area (Å²) in [6.45, 7) is 8.91. The molecule has 2 aliphatic carbocycles. The van der Waals surface area contributed by atoms with Crippen molar-refractivity contribution < 1.29 is 0 Å². The van der Waals surface area contributed by atoms with E-state index in [4.69, 9.17) is 0 Å². The lowest BCUT2D eigenvalue weighted by Gasteiger charge is -2.51. The molecule has 0 nitrogen and oxygen atoms in total. The van der Waals surface area contributed by atoms with Crippen molar-refractivity contribution in [1.29, 1.82) is 0 Å². The smallest absolute Gasteiger partial charge is 0.0111 e. The van der Waals surface area contributed by atoms with E-state index in [0.717, 1.165) is 5.92 Å². The molecule has 0 spiro atoms. The topological polar surface area (TPSA) is 0 Å². The summed E-state index contributed by atoms with van der Waals surface area (Å²) < 4.78 is 0. The third-order valence-electron chi connectivity index (χ3n) is 5.64. The van der Waals surface area contributed by atoms with E-state index >= 15 is 0 Å². The molecule has 0 saturated heterocycles. The molecule has 2 saturated carbocycles. The fourth-order valence-electron chi connectivity index (χ4n) is 4.83. The summed E-state index contributed by atoms with van der Waals surface area (Å²) in [5.74, 6) is 0.940. The predicted molar refractivity (Wildman–Crippen MR) is 80.7 cm³/mol. The van der Waals surface area contributed by atoms with E-state index in [9.17, 15) is 0 Å². The monoisotopic (exact) mass is 248 g/mol. The van der Waals surface area contributed by atoms with Crippen LogP contribution in [-0.2, 0) is 0 Å². The molecule has 0 amide bonds. The van der Waals surface area contributed by atoms with Crippen LogP contribution in [0, 0.1) is 16.7 Å². The second-order valence-electron chi connectivity index (χ2n) is 7.42. The maximum Gasteiger partial charge on any atom is -0.0111 e. The molecule has 0 bridgehead atoms. The first-order valence-electron chi connectivity index (χ1n) is 8.27. The third-order valence-corrected chi connectivity index (χ3v) is 5.64. The predicted octanol–water partition coefficient (Wildman–Crippen LogP) is 6.12. The molecule has 0 unspecified atom stereocenters. The Morgan fingerprint density at radius 1 is 1.17 bits per heavy atom. The minimum absolute atomic E-state index is 0.518. The maximum absolute atomic E-state index is 4.17. The summed E-state index contributed by atoms with van der Waals surface area (Å²) in [5.41, 5.74) is 1.20. The van der Waals surface area contributed by atoms with Crippen molar-refractivity contribution in [1.82, 2.24) is 0 Å². The van der Waals surface area contributed by atoms with Crippen LogP contribution in [0.25, 0.3) is 0 Å². The largest absolute Gasteiger partial charge is 0.103 e. The first-order chi connectivity index (χ1) is 8.64. The number of allylic oxidation sites excluding steroid dienone is 1. The van der Waals surface area contributed by atoms with Crippen LogP contribution in [0.5, 0.6) is 0 Å². The Morgan fingerprint density at radius 2 is 1.83 bits per heavy atom. The molecule has 0 heteroatoms. The highest BCUT2D eigenvalue weighted by Crippen LogP contribution is 2.57. The van der Waals surface area contributed by atoms with Gasteiger partial charge in [-0.1, -0.05) is 52.0 Å². The van der Waals surface area contributed by atoms with E-state index in [2.05, 4.69) is 26.5 Å². The lowest BCUT2D eigenvalue weighted by molar-refractivity contribution is 0.0225. The van der Waals surface area contributed by atoms with Gasteiger partial charge in [-0.2, -0.15) is 0 Å². The molecule has 0 aliphatic heterocycles. The van der Waals surface area contributed by atoms with Crippen LogP contribution >= 0.6 is 0 Å². The van der Waals surface area contributed by atoms with Crippen molar-refractivity contribution in [2.24, 2.45) is 16.7 Å². The highest BCUT2D eigenvalue weighted by molar-refractivity contribution is 5.07. The lowest BCUT2D eigenvalue weighted by atomic mass is 9.53. The van der Waals surface area contributed by atoms with Gasteiger partial charge < -0.3 is 0 Å². The van der Waals surface area contributed by atoms with Gasteiger partial charge in [0.25, 0.3) is 0 Å². The molecule has 0 aromatic rings. The molecule has 0 atom stereocenters. The molecule has 0 radical (unpaired) electrons. The first kappa shape index (κ1) is 14.2. The molecule has 0 aromatic heterocycles. The molecular formula is C18H32. The van der Waals surface area contributed by atoms with Crippen molar-refractivity contribution in [3.63, 3.8) is 0 Å². The van der Waals surface area contributed by atoms with Crippen LogP contribution in [-0.4, -0.2) is 0 Å². The Morgan fingerprint density at radius 3 is 2.33 bits per heavy atom. The van der Waals surface area contributed by atoms with Gasteiger partial charge in [0.2, 0.25) is 0 Å². The quantitative estimate of drug-likeness (QED) is 0.497. The first-order valence-corrected chi connectivity index (χ1v) is 8.27. The zero-order chi connectivity index (χ0) is 13.1. The summed E-state index contributed by atoms with van der Waals surface area (Å²) in [7, 11) is 0. The normalized spacial score (nSPS) is 34.9. The number of unbranched alkanes of at least 4 members (excludes halogenated alkanes) is 1. The summed E-state index contributed by atoms with van der Waals surface area (Å²) in [6, 6.07) is 0. The Labute approximate surface area is 114 Å². The van der Waals surface area contributed by atoms with E-state index in [1.807, 2.05) is 0 Å². The number of rotatable bonds is 6. The highest BCUT2D eigenvalue weighted by Gasteiger charge is 2.45. The number of hydrogen-bond donors (Lipinski definition) is 0. The molecule has 2 rings (SSSR count). The highest BCUT2D eigenvalue weighted by atomic mass is 14.5. The molecule has 0 aromatic carbocycles. The maximum atomic E-state index is 4.17. The Hall–Kier alpha value is -0.260. The SMILES string of the molecule is C=CC1(CC2(CCCC)CCCCC2)CC(C)C1. The zero-order valence-electron chi connectivity index (χ0n) is 12.6. The molecular weight excluding hydrogens is 216 g/mol. The number of hydrogen-bond acceptors (Lipinski definition) is 0. The fraction of sp³-hybridized carbons (Fsp3) is 0.889. The van der Waals surface area contributed by atoms with Crippen molar-refractivity contribution in [3.8, 4) is 0 Å². The molecule has 0 N–H and O–H groups in total. The third kappa shape index (κ3) is 3.00. The molecule has 2 fully saturated rings. The summed E-state index contributed by atoms with van der Waals surface area (Å²) in [5, 5.41) is 0. The minimum atomic E-state index is 0.518. The minimum Gasteiger partial charge on any atom is -0.103 e. The van der Waals surface area contributed by atoms with Gasteiger partial charge in [-0.05, 0) is 55.3 Å². The van der Waals surface area contributed by atoms with Gasteiger partial charge in [0.1, 0.15) is 0 Å². The standard InChI is InChI=1S/C18H32/c1-4-6-10-18(11-8-7-9-12-18)15-17(5-2)13-16(3)14-17/h5,16H,2,4,6-15H2,1,3H3. The summed E-state index contributed by atoms with van der Waals surface area (Å²) in [4.78, 5) is 0. The second kappa shape index (κ2) is 5.80. The molecule has 0 heterocycles. The van der Waals surface area contributed by atoms with Crippen molar-refractivity contribution >= 4 is 0 Å². The van der Waals surface area contributed by atoms with Gasteiger partial charge in [0, 0.05) is 0 Å². The van der Waals surface area contributed by atoms with Crippen molar-refractivity contribution in [3.05, 3.63) is 12.7 Å². The average Bonchev–Trinajstić information content (AvgIpc) is 2.35. The Bertz CT molecular complexity index is 264. The summed E-state index contributed by atoms with van der Waals surface area (Å²) >= 11 is 0. The van der Waals surface area contributed by atoms with Crippen molar-refractivity contribution in [2.75, 3.05) is 0 Å². The summed E-state index contributed by atoms with van der Waals surface area (Å²) in [6.07, 6.45) is 18.3. The van der Waals surface area contributed by atoms with Crippen LogP contribution in [0.3, 0.4) is 0 Å². The lowest BCUT2D eigenvalue weighted by Crippen LogP contribution is -2.40. The van der Waals surface area contributed by atoms with E-state index < -0.39 is 0 Å². The van der Waals surface area contributed by atoms with E-state index in [0.29, 0.717) is 10.8 Å². The second-order valence-corrected chi connectivity index (χ2v) is 7.42. The van der Waals surface area contributed by atoms with Gasteiger partial charge in [0.15, 0.2) is 0 Å². The van der Waals surface area contributed by atoms with E-state index in [1.54, 1.807) is 0 Å². The Kier molecular flexibility index (Phi) is 4.56. The van der Waals surface area contributed by atoms with Crippen molar-refractivity contribution in [2.45, 2.75) is 84.5 Å². The van der Waals surface area contributed by atoms with Crippen LogP contribution in [0.2, 0.25) is 0 Å². The van der Waals surface area contributed by atoms with Gasteiger partial charge in [-0.25, -0.2) is 0 Å². The van der Waals surface area contributed by atoms with E-state index in [1.165, 1.54) is 70.6 Å². The van der Waals surface area contributed by atoms with Crippen LogP contribution < -0.4 is 0 Å². The van der Waals surface area contributed by atoms with Crippen LogP contribution in [0.1, 0.15) is 84.5 Å². The van der Waals surface area contributed by atoms with Gasteiger partial charge in [0.05, 0.1) is 0 Å². The van der Waals surface area contributed by atoms with Crippen LogP contribution in [0.15, 0.2) is 12.7 Å². The molecule has 18 heavy (non-hydrogen) atoms. The average molecular weight is 248 g/mol. The molecule has 104 valence electrons. The van der Waals surface area contributed by atoms with E-state index in [-0.39, 0.29) is 0 Å². The Balaban J connectivity index is 2.02. The van der Waals surface area contributed by atoms with Gasteiger partial charge in [-0.15, -0.1) is 6.58 Å². The van der Waals surface area contributed by atoms with Gasteiger partial charge in [-0.3, -0.25) is 0 Å².